The average molecular weight is 291 g/mol. The first-order valence-corrected chi connectivity index (χ1v) is 7.11. The van der Waals surface area contributed by atoms with Gasteiger partial charge in [0, 0.05) is 18.7 Å². The lowest BCUT2D eigenvalue weighted by molar-refractivity contribution is -0.143. The summed E-state index contributed by atoms with van der Waals surface area (Å²) >= 11 is 0. The molecule has 0 aliphatic carbocycles. The van der Waals surface area contributed by atoms with E-state index in [1.807, 2.05) is 13.8 Å². The van der Waals surface area contributed by atoms with E-state index in [9.17, 15) is 9.59 Å². The summed E-state index contributed by atoms with van der Waals surface area (Å²) in [7, 11) is 1.61. The molecule has 5 nitrogen and oxygen atoms in total. The van der Waals surface area contributed by atoms with Crippen molar-refractivity contribution in [2.45, 2.75) is 26.7 Å². The smallest absolute Gasteiger partial charge is 0.308 e. The van der Waals surface area contributed by atoms with Gasteiger partial charge in [0.25, 0.3) is 5.91 Å². The van der Waals surface area contributed by atoms with Crippen LogP contribution in [0.25, 0.3) is 0 Å². The van der Waals surface area contributed by atoms with E-state index < -0.39 is 11.9 Å². The molecule has 114 valence electrons. The second-order valence-electron chi connectivity index (χ2n) is 5.57. The fraction of sp³-hybridized carbons (Fsp3) is 0.500. The first-order valence-electron chi connectivity index (χ1n) is 7.11. The number of ether oxygens (including phenoxy) is 1. The number of piperidine rings is 1. The van der Waals surface area contributed by atoms with Crippen molar-refractivity contribution in [3.8, 4) is 5.75 Å². The number of aliphatic carboxylic acids is 1. The number of carbonyl (C=O) groups is 2. The Labute approximate surface area is 124 Å². The molecule has 0 unspecified atom stereocenters. The molecule has 1 aromatic rings. The van der Waals surface area contributed by atoms with E-state index in [0.717, 1.165) is 23.3 Å². The van der Waals surface area contributed by atoms with Gasteiger partial charge in [-0.05, 0) is 49.9 Å². The number of benzene rings is 1. The summed E-state index contributed by atoms with van der Waals surface area (Å²) in [4.78, 5) is 25.3. The van der Waals surface area contributed by atoms with Crippen molar-refractivity contribution in [2.24, 2.45) is 5.92 Å². The van der Waals surface area contributed by atoms with E-state index in [4.69, 9.17) is 9.84 Å². The molecule has 1 aliphatic rings. The van der Waals surface area contributed by atoms with Crippen LogP contribution in [0.15, 0.2) is 12.1 Å². The van der Waals surface area contributed by atoms with Gasteiger partial charge in [-0.25, -0.2) is 0 Å². The Morgan fingerprint density at radius 3 is 2.43 bits per heavy atom. The third-order valence-electron chi connectivity index (χ3n) is 3.97. The van der Waals surface area contributed by atoms with Crippen LogP contribution in [0.1, 0.15) is 34.3 Å². The SMILES string of the molecule is COc1c(C)cc(C(=O)N2CCC[C@H](C(=O)O)C2)cc1C. The summed E-state index contributed by atoms with van der Waals surface area (Å²) in [5, 5.41) is 9.11. The second kappa shape index (κ2) is 6.16. The van der Waals surface area contributed by atoms with Crippen LogP contribution in [0.2, 0.25) is 0 Å². The average Bonchev–Trinajstić information content (AvgIpc) is 2.46. The molecular weight excluding hydrogens is 270 g/mol. The molecule has 0 radical (unpaired) electrons. The first kappa shape index (κ1) is 15.4. The standard InChI is InChI=1S/C16H21NO4/c1-10-7-13(8-11(2)14(10)21-3)15(18)17-6-4-5-12(9-17)16(19)20/h7-8,12H,4-6,9H2,1-3H3,(H,19,20)/t12-/m0/s1. The highest BCUT2D eigenvalue weighted by atomic mass is 16.5. The number of hydrogen-bond acceptors (Lipinski definition) is 3. The lowest BCUT2D eigenvalue weighted by Crippen LogP contribution is -2.42. The van der Waals surface area contributed by atoms with E-state index in [1.54, 1.807) is 24.1 Å². The number of methoxy groups -OCH3 is 1. The quantitative estimate of drug-likeness (QED) is 0.927. The maximum atomic E-state index is 12.6. The number of nitrogens with zero attached hydrogens (tertiary/aromatic N) is 1. The molecule has 0 bridgehead atoms. The van der Waals surface area contributed by atoms with Crippen LogP contribution in [0.5, 0.6) is 5.75 Å². The van der Waals surface area contributed by atoms with Crippen molar-refractivity contribution in [2.75, 3.05) is 20.2 Å². The highest BCUT2D eigenvalue weighted by Gasteiger charge is 2.29. The number of likely N-dealkylation sites (tertiary alicyclic amines) is 1. The van der Waals surface area contributed by atoms with Gasteiger partial charge in [-0.15, -0.1) is 0 Å². The predicted octanol–water partition coefficient (Wildman–Crippen LogP) is 2.25. The molecule has 1 N–H and O–H groups in total. The fourth-order valence-electron chi connectivity index (χ4n) is 2.94. The van der Waals surface area contributed by atoms with Gasteiger partial charge < -0.3 is 14.7 Å². The topological polar surface area (TPSA) is 66.8 Å². The molecule has 5 heteroatoms. The summed E-state index contributed by atoms with van der Waals surface area (Å²) in [6.07, 6.45) is 1.37. The van der Waals surface area contributed by atoms with E-state index in [1.165, 1.54) is 0 Å². The highest BCUT2D eigenvalue weighted by Crippen LogP contribution is 2.26. The molecule has 0 spiro atoms. The normalized spacial score (nSPS) is 18.4. The summed E-state index contributed by atoms with van der Waals surface area (Å²) in [6, 6.07) is 3.61. The van der Waals surface area contributed by atoms with Crippen molar-refractivity contribution in [1.29, 1.82) is 0 Å². The number of carboxylic acid groups (broad SMARTS) is 1. The maximum Gasteiger partial charge on any atom is 0.308 e. The molecule has 2 rings (SSSR count). The van der Waals surface area contributed by atoms with Crippen LogP contribution in [-0.4, -0.2) is 42.1 Å². The van der Waals surface area contributed by atoms with Gasteiger partial charge in [-0.2, -0.15) is 0 Å². The van der Waals surface area contributed by atoms with E-state index in [2.05, 4.69) is 0 Å². The lowest BCUT2D eigenvalue weighted by Gasteiger charge is -2.31. The molecule has 0 saturated carbocycles. The van der Waals surface area contributed by atoms with Gasteiger partial charge in [-0.3, -0.25) is 9.59 Å². The number of carboxylic acids is 1. The van der Waals surface area contributed by atoms with Crippen molar-refractivity contribution in [1.82, 2.24) is 4.90 Å². The van der Waals surface area contributed by atoms with Crippen LogP contribution in [0.3, 0.4) is 0 Å². The van der Waals surface area contributed by atoms with Crippen molar-refractivity contribution in [3.63, 3.8) is 0 Å². The fourth-order valence-corrected chi connectivity index (χ4v) is 2.94. The zero-order chi connectivity index (χ0) is 15.6. The predicted molar refractivity (Wildman–Crippen MR) is 78.7 cm³/mol. The summed E-state index contributed by atoms with van der Waals surface area (Å²) in [5.41, 5.74) is 2.41. The maximum absolute atomic E-state index is 12.6. The van der Waals surface area contributed by atoms with Crippen molar-refractivity contribution >= 4 is 11.9 Å². The monoisotopic (exact) mass is 291 g/mol. The first-order chi connectivity index (χ1) is 9.93. The molecule has 1 aromatic carbocycles. The van der Waals surface area contributed by atoms with Gasteiger partial charge in [0.15, 0.2) is 0 Å². The minimum atomic E-state index is -0.824. The van der Waals surface area contributed by atoms with Crippen LogP contribution in [0, 0.1) is 19.8 Å². The largest absolute Gasteiger partial charge is 0.496 e. The Hall–Kier alpha value is -2.04. The zero-order valence-electron chi connectivity index (χ0n) is 12.7. The van der Waals surface area contributed by atoms with Gasteiger partial charge in [0.2, 0.25) is 0 Å². The zero-order valence-corrected chi connectivity index (χ0v) is 12.7. The third kappa shape index (κ3) is 3.17. The molecule has 1 heterocycles. The number of rotatable bonds is 3. The Morgan fingerprint density at radius 2 is 1.90 bits per heavy atom. The Balaban J connectivity index is 2.22. The summed E-state index contributed by atoms with van der Waals surface area (Å²) in [6.45, 7) is 4.71. The van der Waals surface area contributed by atoms with E-state index >= 15 is 0 Å². The van der Waals surface area contributed by atoms with Crippen LogP contribution in [-0.2, 0) is 4.79 Å². The van der Waals surface area contributed by atoms with Crippen LogP contribution in [0.4, 0.5) is 0 Å². The second-order valence-corrected chi connectivity index (χ2v) is 5.57. The summed E-state index contributed by atoms with van der Waals surface area (Å²) in [5.74, 6) is -0.596. The molecule has 1 saturated heterocycles. The minimum absolute atomic E-state index is 0.102. The molecule has 1 fully saturated rings. The number of hydrogen-bond donors (Lipinski definition) is 1. The Morgan fingerprint density at radius 1 is 1.29 bits per heavy atom. The molecular formula is C16H21NO4. The van der Waals surface area contributed by atoms with E-state index in [0.29, 0.717) is 18.5 Å². The van der Waals surface area contributed by atoms with Crippen LogP contribution < -0.4 is 4.74 Å². The van der Waals surface area contributed by atoms with Crippen molar-refractivity contribution in [3.05, 3.63) is 28.8 Å². The lowest BCUT2D eigenvalue weighted by atomic mass is 9.97. The van der Waals surface area contributed by atoms with E-state index in [-0.39, 0.29) is 12.5 Å². The summed E-state index contributed by atoms with van der Waals surface area (Å²) < 4.78 is 5.30. The van der Waals surface area contributed by atoms with Crippen molar-refractivity contribution < 1.29 is 19.4 Å². The Kier molecular flexibility index (Phi) is 4.50. The molecule has 0 aromatic heterocycles. The van der Waals surface area contributed by atoms with Gasteiger partial charge in [0.05, 0.1) is 13.0 Å². The van der Waals surface area contributed by atoms with Gasteiger partial charge in [-0.1, -0.05) is 0 Å². The van der Waals surface area contributed by atoms with Gasteiger partial charge in [0.1, 0.15) is 5.75 Å². The molecule has 1 amide bonds. The molecule has 21 heavy (non-hydrogen) atoms. The third-order valence-corrected chi connectivity index (χ3v) is 3.97. The van der Waals surface area contributed by atoms with Gasteiger partial charge >= 0.3 is 5.97 Å². The molecule has 1 atom stereocenters. The minimum Gasteiger partial charge on any atom is -0.496 e. The Bertz CT molecular complexity index is 544. The number of aryl methyl sites for hydroxylation is 2. The molecule has 1 aliphatic heterocycles. The number of carbonyl (C=O) groups excluding carboxylic acids is 1. The highest BCUT2D eigenvalue weighted by molar-refractivity contribution is 5.95. The number of amides is 1. The van der Waals surface area contributed by atoms with Crippen LogP contribution >= 0.6 is 0 Å².